The largest absolute Gasteiger partial charge is 0.500 e. The third-order valence-electron chi connectivity index (χ3n) is 2.15. The summed E-state index contributed by atoms with van der Waals surface area (Å²) in [4.78, 5) is 11.1. The lowest BCUT2D eigenvalue weighted by molar-refractivity contribution is -0.118. The molecule has 0 aliphatic heterocycles. The Morgan fingerprint density at radius 1 is 1.27 bits per heavy atom. The smallest absolute Gasteiger partial charge is 0.377 e. The summed E-state index contributed by atoms with van der Waals surface area (Å²) < 4.78 is 15.6. The van der Waals surface area contributed by atoms with Crippen LogP contribution in [-0.2, 0) is 18.1 Å². The highest BCUT2D eigenvalue weighted by atomic mass is 28.4. The van der Waals surface area contributed by atoms with Crippen LogP contribution >= 0.6 is 0 Å². The molecule has 0 heterocycles. The third-order valence-corrected chi connectivity index (χ3v) is 4.98. The second-order valence-electron chi connectivity index (χ2n) is 3.02. The quantitative estimate of drug-likeness (QED) is 0.586. The predicted molar refractivity (Wildman–Crippen MR) is 56.1 cm³/mol. The van der Waals surface area contributed by atoms with Gasteiger partial charge in [-0.05, 0) is 6.42 Å². The SMILES string of the molecule is CO[Si](CCCC(=O)CC#N)(OC)OC. The predicted octanol–water partition coefficient (Wildman–Crippen LogP) is 1.13. The lowest BCUT2D eigenvalue weighted by atomic mass is 10.2. The Morgan fingerprint density at radius 3 is 2.20 bits per heavy atom. The maximum Gasteiger partial charge on any atom is 0.500 e. The first kappa shape index (κ1) is 14.3. The molecule has 0 aromatic rings. The van der Waals surface area contributed by atoms with E-state index in [1.54, 1.807) is 0 Å². The molecule has 0 amide bonds. The molecule has 0 unspecified atom stereocenters. The molecule has 5 nitrogen and oxygen atoms in total. The van der Waals surface area contributed by atoms with Crippen LogP contribution in [-0.4, -0.2) is 35.9 Å². The summed E-state index contributed by atoms with van der Waals surface area (Å²) in [6.45, 7) is 0. The zero-order valence-electron chi connectivity index (χ0n) is 9.41. The summed E-state index contributed by atoms with van der Waals surface area (Å²) in [7, 11) is 2.07. The average molecular weight is 231 g/mol. The van der Waals surface area contributed by atoms with Crippen LogP contribution in [0.15, 0.2) is 0 Å². The summed E-state index contributed by atoms with van der Waals surface area (Å²) >= 11 is 0. The van der Waals surface area contributed by atoms with Crippen LogP contribution in [0.25, 0.3) is 0 Å². The van der Waals surface area contributed by atoms with E-state index < -0.39 is 8.80 Å². The van der Waals surface area contributed by atoms with E-state index >= 15 is 0 Å². The number of Topliss-reactive ketones (excluding diaryl/α,β-unsaturated/α-hetero) is 1. The zero-order chi connectivity index (χ0) is 11.7. The highest BCUT2D eigenvalue weighted by molar-refractivity contribution is 6.60. The van der Waals surface area contributed by atoms with Crippen molar-refractivity contribution in [3.8, 4) is 6.07 Å². The van der Waals surface area contributed by atoms with E-state index in [0.717, 1.165) is 0 Å². The minimum Gasteiger partial charge on any atom is -0.377 e. The van der Waals surface area contributed by atoms with E-state index in [1.807, 2.05) is 6.07 Å². The number of hydrogen-bond acceptors (Lipinski definition) is 5. The van der Waals surface area contributed by atoms with Gasteiger partial charge in [0.2, 0.25) is 0 Å². The standard InChI is InChI=1S/C9H17NO4Si/c1-12-15(13-2,14-3)8-4-5-9(11)6-7-10/h4-6,8H2,1-3H3. The first-order chi connectivity index (χ1) is 7.14. The normalized spacial score (nSPS) is 11.1. The van der Waals surface area contributed by atoms with Gasteiger partial charge in [0, 0.05) is 33.8 Å². The molecule has 0 saturated carbocycles. The average Bonchev–Trinajstić information content (AvgIpc) is 2.25. The highest BCUT2D eigenvalue weighted by Crippen LogP contribution is 2.16. The van der Waals surface area contributed by atoms with Crippen molar-refractivity contribution in [3.05, 3.63) is 0 Å². The zero-order valence-corrected chi connectivity index (χ0v) is 10.4. The number of hydrogen-bond donors (Lipinski definition) is 0. The summed E-state index contributed by atoms with van der Waals surface area (Å²) in [6.07, 6.45) is 0.974. The number of rotatable bonds is 8. The molecule has 0 aliphatic carbocycles. The third kappa shape index (κ3) is 5.04. The van der Waals surface area contributed by atoms with Crippen molar-refractivity contribution in [2.45, 2.75) is 25.3 Å². The molecule has 0 N–H and O–H groups in total. The highest BCUT2D eigenvalue weighted by Gasteiger charge is 2.36. The molecule has 0 atom stereocenters. The molecule has 0 spiro atoms. The Hall–Kier alpha value is -0.743. The fourth-order valence-electron chi connectivity index (χ4n) is 1.23. The van der Waals surface area contributed by atoms with Crippen molar-refractivity contribution >= 4 is 14.6 Å². The fraction of sp³-hybridized carbons (Fsp3) is 0.778. The van der Waals surface area contributed by atoms with E-state index in [2.05, 4.69) is 0 Å². The van der Waals surface area contributed by atoms with Gasteiger partial charge in [-0.1, -0.05) is 0 Å². The van der Waals surface area contributed by atoms with Crippen LogP contribution in [0.4, 0.5) is 0 Å². The van der Waals surface area contributed by atoms with Crippen molar-refractivity contribution in [1.29, 1.82) is 5.26 Å². The maximum atomic E-state index is 11.1. The van der Waals surface area contributed by atoms with Gasteiger partial charge in [-0.2, -0.15) is 5.26 Å². The van der Waals surface area contributed by atoms with Gasteiger partial charge in [0.05, 0.1) is 12.5 Å². The van der Waals surface area contributed by atoms with E-state index in [1.165, 1.54) is 21.3 Å². The van der Waals surface area contributed by atoms with Crippen LogP contribution in [0, 0.1) is 11.3 Å². The van der Waals surface area contributed by atoms with Crippen molar-refractivity contribution in [1.82, 2.24) is 0 Å². The topological polar surface area (TPSA) is 68.6 Å². The van der Waals surface area contributed by atoms with E-state index in [0.29, 0.717) is 18.9 Å². The molecule has 0 radical (unpaired) electrons. The number of carbonyl (C=O) groups excluding carboxylic acids is 1. The minimum absolute atomic E-state index is 0.0263. The molecule has 15 heavy (non-hydrogen) atoms. The molecule has 6 heteroatoms. The van der Waals surface area contributed by atoms with E-state index in [-0.39, 0.29) is 12.2 Å². The molecule has 0 rings (SSSR count). The second-order valence-corrected chi connectivity index (χ2v) is 6.11. The number of nitriles is 1. The van der Waals surface area contributed by atoms with Crippen LogP contribution in [0.1, 0.15) is 19.3 Å². The number of ketones is 1. The maximum absolute atomic E-state index is 11.1. The molecule has 0 bridgehead atoms. The Balaban J connectivity index is 3.92. The van der Waals surface area contributed by atoms with Crippen molar-refractivity contribution in [2.75, 3.05) is 21.3 Å². The molecule has 0 aliphatic rings. The van der Waals surface area contributed by atoms with Crippen molar-refractivity contribution in [3.63, 3.8) is 0 Å². The van der Waals surface area contributed by atoms with Crippen LogP contribution in [0.3, 0.4) is 0 Å². The van der Waals surface area contributed by atoms with Gasteiger partial charge >= 0.3 is 8.80 Å². The summed E-state index contributed by atoms with van der Waals surface area (Å²) in [6, 6.07) is 2.42. The molecule has 0 saturated heterocycles. The molecular formula is C9H17NO4Si. The Kier molecular flexibility index (Phi) is 7.16. The van der Waals surface area contributed by atoms with Crippen molar-refractivity contribution < 1.29 is 18.1 Å². The van der Waals surface area contributed by atoms with Gasteiger partial charge in [-0.3, -0.25) is 4.79 Å². The molecule has 0 aromatic heterocycles. The number of nitrogens with zero attached hydrogens (tertiary/aromatic N) is 1. The Bertz CT molecular complexity index is 226. The Labute approximate surface area is 91.3 Å². The van der Waals surface area contributed by atoms with Gasteiger partial charge < -0.3 is 13.3 Å². The molecular weight excluding hydrogens is 214 g/mol. The monoisotopic (exact) mass is 231 g/mol. The second kappa shape index (κ2) is 7.54. The van der Waals surface area contributed by atoms with E-state index in [9.17, 15) is 4.79 Å². The van der Waals surface area contributed by atoms with Gasteiger partial charge in [0.25, 0.3) is 0 Å². The van der Waals surface area contributed by atoms with Gasteiger partial charge in [0.15, 0.2) is 0 Å². The van der Waals surface area contributed by atoms with Crippen LogP contribution in [0.2, 0.25) is 6.04 Å². The lowest BCUT2D eigenvalue weighted by Gasteiger charge is -2.23. The van der Waals surface area contributed by atoms with Gasteiger partial charge in [-0.25, -0.2) is 0 Å². The fourth-order valence-corrected chi connectivity index (χ4v) is 2.96. The summed E-state index contributed by atoms with van der Waals surface area (Å²) in [5.41, 5.74) is 0. The Morgan fingerprint density at radius 2 is 1.80 bits per heavy atom. The summed E-state index contributed by atoms with van der Waals surface area (Å²) in [5, 5.41) is 8.30. The van der Waals surface area contributed by atoms with Crippen LogP contribution < -0.4 is 0 Å². The van der Waals surface area contributed by atoms with Crippen LogP contribution in [0.5, 0.6) is 0 Å². The number of carbonyl (C=O) groups is 1. The molecule has 86 valence electrons. The first-order valence-corrected chi connectivity index (χ1v) is 6.61. The van der Waals surface area contributed by atoms with E-state index in [4.69, 9.17) is 18.5 Å². The minimum atomic E-state index is -2.54. The first-order valence-electron chi connectivity index (χ1n) is 4.68. The van der Waals surface area contributed by atoms with Crippen molar-refractivity contribution in [2.24, 2.45) is 0 Å². The molecule has 0 fully saturated rings. The van der Waals surface area contributed by atoms with Gasteiger partial charge in [0.1, 0.15) is 5.78 Å². The summed E-state index contributed by atoms with van der Waals surface area (Å²) in [5.74, 6) is -0.0521. The molecule has 0 aromatic carbocycles. The van der Waals surface area contributed by atoms with Gasteiger partial charge in [-0.15, -0.1) is 0 Å². The lowest BCUT2D eigenvalue weighted by Crippen LogP contribution is -2.42.